The highest BCUT2D eigenvalue weighted by molar-refractivity contribution is 14.1. The van der Waals surface area contributed by atoms with Crippen molar-refractivity contribution in [3.63, 3.8) is 0 Å². The molecule has 18 heavy (non-hydrogen) atoms. The Bertz CT molecular complexity index is 411. The molecule has 0 spiro atoms. The Labute approximate surface area is 124 Å². The van der Waals surface area contributed by atoms with Gasteiger partial charge in [-0.15, -0.1) is 0 Å². The second-order valence-electron chi connectivity index (χ2n) is 6.31. The van der Waals surface area contributed by atoms with Gasteiger partial charge in [0.25, 0.3) is 0 Å². The number of nitrogens with zero attached hydrogens (tertiary/aromatic N) is 1. The van der Waals surface area contributed by atoms with Crippen LogP contribution in [0.5, 0.6) is 0 Å². The lowest BCUT2D eigenvalue weighted by molar-refractivity contribution is 0.239. The number of nitrogens with one attached hydrogen (secondary N) is 1. The highest BCUT2D eigenvalue weighted by atomic mass is 127. The number of hydrogen-bond donors (Lipinski definition) is 1. The van der Waals surface area contributed by atoms with Crippen molar-refractivity contribution < 1.29 is 0 Å². The Morgan fingerprint density at radius 3 is 2.67 bits per heavy atom. The van der Waals surface area contributed by atoms with Crippen LogP contribution in [0.2, 0.25) is 0 Å². The summed E-state index contributed by atoms with van der Waals surface area (Å²) >= 11 is 2.39. The Kier molecular flexibility index (Phi) is 4.22. The Balaban J connectivity index is 2.20. The average Bonchev–Trinajstić information content (AvgIpc) is 2.28. The summed E-state index contributed by atoms with van der Waals surface area (Å²) in [5.74, 6) is 0. The number of halogens is 1. The predicted molar refractivity (Wildman–Crippen MR) is 87.2 cm³/mol. The molecule has 0 amide bonds. The number of benzene rings is 1. The van der Waals surface area contributed by atoms with E-state index < -0.39 is 0 Å². The van der Waals surface area contributed by atoms with E-state index in [1.807, 2.05) is 0 Å². The van der Waals surface area contributed by atoms with Gasteiger partial charge in [-0.25, -0.2) is 0 Å². The fourth-order valence-corrected chi connectivity index (χ4v) is 2.99. The highest BCUT2D eigenvalue weighted by Crippen LogP contribution is 2.27. The maximum Gasteiger partial charge on any atom is 0.0387 e. The molecule has 2 rings (SSSR count). The van der Waals surface area contributed by atoms with E-state index in [4.69, 9.17) is 0 Å². The lowest BCUT2D eigenvalue weighted by atomic mass is 9.84. The number of rotatable bonds is 1. The molecular formula is C15H23IN2. The van der Waals surface area contributed by atoms with E-state index in [0.29, 0.717) is 17.5 Å². The van der Waals surface area contributed by atoms with Crippen LogP contribution in [-0.2, 0) is 0 Å². The third-order valence-electron chi connectivity index (χ3n) is 3.76. The summed E-state index contributed by atoms with van der Waals surface area (Å²) in [7, 11) is 0. The minimum Gasteiger partial charge on any atom is -0.366 e. The molecule has 0 aromatic heterocycles. The van der Waals surface area contributed by atoms with E-state index in [1.54, 1.807) is 0 Å². The Morgan fingerprint density at radius 2 is 2.06 bits per heavy atom. The fourth-order valence-electron chi connectivity index (χ4n) is 2.46. The van der Waals surface area contributed by atoms with Gasteiger partial charge in [0.2, 0.25) is 0 Å². The second-order valence-corrected chi connectivity index (χ2v) is 7.55. The maximum atomic E-state index is 3.68. The summed E-state index contributed by atoms with van der Waals surface area (Å²) in [6.07, 6.45) is 0. The van der Waals surface area contributed by atoms with E-state index in [0.717, 1.165) is 13.1 Å². The molecule has 1 aliphatic rings. The summed E-state index contributed by atoms with van der Waals surface area (Å²) in [4.78, 5) is 2.54. The molecule has 0 bridgehead atoms. The molecule has 0 radical (unpaired) electrons. The predicted octanol–water partition coefficient (Wildman–Crippen LogP) is 3.50. The van der Waals surface area contributed by atoms with E-state index >= 15 is 0 Å². The molecule has 100 valence electrons. The molecule has 1 N–H and O–H groups in total. The van der Waals surface area contributed by atoms with Gasteiger partial charge in [0.1, 0.15) is 0 Å². The molecule has 1 aromatic rings. The van der Waals surface area contributed by atoms with Crippen molar-refractivity contribution in [2.45, 2.75) is 39.8 Å². The monoisotopic (exact) mass is 358 g/mol. The minimum atomic E-state index is 0.306. The maximum absolute atomic E-state index is 3.68. The van der Waals surface area contributed by atoms with Crippen LogP contribution >= 0.6 is 22.6 Å². The van der Waals surface area contributed by atoms with E-state index in [9.17, 15) is 0 Å². The van der Waals surface area contributed by atoms with Crippen molar-refractivity contribution in [1.82, 2.24) is 5.32 Å². The van der Waals surface area contributed by atoms with Gasteiger partial charge in [0.15, 0.2) is 0 Å². The molecule has 1 heterocycles. The third-order valence-corrected chi connectivity index (χ3v) is 4.43. The second kappa shape index (κ2) is 5.37. The molecule has 3 heteroatoms. The summed E-state index contributed by atoms with van der Waals surface area (Å²) in [6.45, 7) is 11.4. The van der Waals surface area contributed by atoms with E-state index in [1.165, 1.54) is 9.26 Å². The van der Waals surface area contributed by atoms with Crippen molar-refractivity contribution in [3.05, 3.63) is 27.8 Å². The minimum absolute atomic E-state index is 0.306. The largest absolute Gasteiger partial charge is 0.366 e. The molecule has 1 fully saturated rings. The molecule has 1 aliphatic heterocycles. The van der Waals surface area contributed by atoms with Gasteiger partial charge in [-0.3, -0.25) is 0 Å². The van der Waals surface area contributed by atoms with Crippen LogP contribution in [0.15, 0.2) is 24.3 Å². The van der Waals surface area contributed by atoms with Crippen molar-refractivity contribution in [2.75, 3.05) is 18.0 Å². The number of piperazine rings is 1. The van der Waals surface area contributed by atoms with Gasteiger partial charge in [-0.05, 0) is 53.1 Å². The van der Waals surface area contributed by atoms with Gasteiger partial charge < -0.3 is 10.2 Å². The van der Waals surface area contributed by atoms with Crippen molar-refractivity contribution in [2.24, 2.45) is 5.41 Å². The van der Waals surface area contributed by atoms with Crippen LogP contribution in [0.3, 0.4) is 0 Å². The molecule has 0 aliphatic carbocycles. The summed E-state index contributed by atoms with van der Waals surface area (Å²) in [5.41, 5.74) is 1.66. The van der Waals surface area contributed by atoms with Crippen molar-refractivity contribution >= 4 is 28.3 Å². The molecule has 1 saturated heterocycles. The van der Waals surface area contributed by atoms with E-state index in [2.05, 4.69) is 84.8 Å². The quantitative estimate of drug-likeness (QED) is 0.773. The van der Waals surface area contributed by atoms with Gasteiger partial charge in [-0.1, -0.05) is 26.8 Å². The van der Waals surface area contributed by atoms with Crippen LogP contribution in [0.4, 0.5) is 5.69 Å². The zero-order valence-corrected chi connectivity index (χ0v) is 13.9. The van der Waals surface area contributed by atoms with Crippen molar-refractivity contribution in [3.8, 4) is 0 Å². The standard InChI is InChI=1S/C15H23IN2/c1-11-9-17-14(15(2,3)4)10-18(11)13-7-5-6-12(16)8-13/h5-8,11,14,17H,9-10H2,1-4H3. The van der Waals surface area contributed by atoms with Crippen LogP contribution < -0.4 is 10.2 Å². The summed E-state index contributed by atoms with van der Waals surface area (Å²) < 4.78 is 1.31. The zero-order valence-electron chi connectivity index (χ0n) is 11.7. The normalized spacial score (nSPS) is 25.3. The smallest absolute Gasteiger partial charge is 0.0387 e. The molecular weight excluding hydrogens is 335 g/mol. The van der Waals surface area contributed by atoms with Crippen LogP contribution in [0.25, 0.3) is 0 Å². The number of hydrogen-bond acceptors (Lipinski definition) is 2. The first kappa shape index (κ1) is 14.1. The zero-order chi connectivity index (χ0) is 13.3. The van der Waals surface area contributed by atoms with Crippen LogP contribution in [0, 0.1) is 8.99 Å². The molecule has 2 atom stereocenters. The number of anilines is 1. The average molecular weight is 358 g/mol. The topological polar surface area (TPSA) is 15.3 Å². The first-order valence-corrected chi connectivity index (χ1v) is 7.71. The third kappa shape index (κ3) is 3.18. The SMILES string of the molecule is CC1CNC(C(C)(C)C)CN1c1cccc(I)c1. The van der Waals surface area contributed by atoms with Gasteiger partial charge in [-0.2, -0.15) is 0 Å². The van der Waals surface area contributed by atoms with E-state index in [-0.39, 0.29) is 0 Å². The van der Waals surface area contributed by atoms with Crippen molar-refractivity contribution in [1.29, 1.82) is 0 Å². The summed E-state index contributed by atoms with van der Waals surface area (Å²) in [5, 5.41) is 3.68. The van der Waals surface area contributed by atoms with Gasteiger partial charge in [0, 0.05) is 34.4 Å². The lowest BCUT2D eigenvalue weighted by Crippen LogP contribution is -2.59. The molecule has 2 unspecified atom stereocenters. The lowest BCUT2D eigenvalue weighted by Gasteiger charge is -2.45. The molecule has 2 nitrogen and oxygen atoms in total. The van der Waals surface area contributed by atoms with Crippen LogP contribution in [-0.4, -0.2) is 25.2 Å². The summed E-state index contributed by atoms with van der Waals surface area (Å²) in [6, 6.07) is 9.91. The first-order chi connectivity index (χ1) is 8.38. The molecule has 0 saturated carbocycles. The van der Waals surface area contributed by atoms with Crippen LogP contribution in [0.1, 0.15) is 27.7 Å². The Hall–Kier alpha value is -0.290. The first-order valence-electron chi connectivity index (χ1n) is 6.63. The van der Waals surface area contributed by atoms with Gasteiger partial charge in [0.05, 0.1) is 0 Å². The fraction of sp³-hybridized carbons (Fsp3) is 0.600. The highest BCUT2D eigenvalue weighted by Gasteiger charge is 2.32. The molecule has 1 aromatic carbocycles. The van der Waals surface area contributed by atoms with Gasteiger partial charge >= 0.3 is 0 Å². The Morgan fingerprint density at radius 1 is 1.33 bits per heavy atom.